The molecule has 33 heavy (non-hydrogen) atoms. The highest BCUT2D eigenvalue weighted by atomic mass is 35.5. The van der Waals surface area contributed by atoms with Crippen LogP contribution in [-0.2, 0) is 16.1 Å². The van der Waals surface area contributed by atoms with Crippen molar-refractivity contribution in [1.29, 1.82) is 0 Å². The van der Waals surface area contributed by atoms with E-state index in [1.807, 2.05) is 78.9 Å². The number of aromatic nitrogens is 2. The lowest BCUT2D eigenvalue weighted by Gasteiger charge is -2.11. The Labute approximate surface area is 196 Å². The first-order chi connectivity index (χ1) is 16.0. The smallest absolute Gasteiger partial charge is 0.343 e. The fraction of sp³-hybridized carbons (Fsp3) is 0.115. The summed E-state index contributed by atoms with van der Waals surface area (Å²) < 4.78 is 6.78. The molecular formula is C26H22ClN3O3. The van der Waals surface area contributed by atoms with Crippen molar-refractivity contribution in [1.82, 2.24) is 9.78 Å². The number of nitrogens with zero attached hydrogens (tertiary/aromatic N) is 2. The van der Waals surface area contributed by atoms with E-state index in [0.717, 1.165) is 16.7 Å². The van der Waals surface area contributed by atoms with E-state index in [9.17, 15) is 9.59 Å². The largest absolute Gasteiger partial charge is 0.452 e. The van der Waals surface area contributed by atoms with E-state index < -0.39 is 18.5 Å². The standard InChI is InChI=1S/C26H22ClN3O3/c1-18-24(25(27)30(29-18)16-19-10-4-2-5-11-19)26(32)33-17-23(31)28-22-15-9-8-14-21(22)20-12-6-3-7-13-20/h2-15H,16-17H2,1H3,(H,28,31). The molecule has 0 spiro atoms. The molecule has 4 rings (SSSR count). The second-order valence-electron chi connectivity index (χ2n) is 7.43. The lowest BCUT2D eigenvalue weighted by molar-refractivity contribution is -0.119. The molecule has 7 heteroatoms. The fourth-order valence-corrected chi connectivity index (χ4v) is 3.81. The Morgan fingerprint density at radius 3 is 2.30 bits per heavy atom. The zero-order chi connectivity index (χ0) is 23.2. The monoisotopic (exact) mass is 459 g/mol. The molecule has 0 saturated heterocycles. The number of esters is 1. The number of amides is 1. The third kappa shape index (κ3) is 5.30. The van der Waals surface area contributed by atoms with Gasteiger partial charge in [0.25, 0.3) is 5.91 Å². The second-order valence-corrected chi connectivity index (χ2v) is 7.79. The van der Waals surface area contributed by atoms with Gasteiger partial charge in [-0.1, -0.05) is 90.5 Å². The number of benzene rings is 3. The molecule has 0 aliphatic rings. The Bertz CT molecular complexity index is 1270. The maximum atomic E-state index is 12.7. The van der Waals surface area contributed by atoms with Crippen molar-refractivity contribution in [3.05, 3.63) is 107 Å². The number of hydrogen-bond acceptors (Lipinski definition) is 4. The predicted octanol–water partition coefficient (Wildman–Crippen LogP) is 5.36. The van der Waals surface area contributed by atoms with Crippen LogP contribution in [0.5, 0.6) is 0 Å². The number of halogens is 1. The first-order valence-electron chi connectivity index (χ1n) is 10.4. The number of hydrogen-bond donors (Lipinski definition) is 1. The highest BCUT2D eigenvalue weighted by Gasteiger charge is 2.22. The van der Waals surface area contributed by atoms with E-state index in [1.165, 1.54) is 0 Å². The molecule has 0 unspecified atom stereocenters. The van der Waals surface area contributed by atoms with Gasteiger partial charge in [0.15, 0.2) is 6.61 Å². The second kappa shape index (κ2) is 10.1. The van der Waals surface area contributed by atoms with Crippen molar-refractivity contribution in [3.8, 4) is 11.1 Å². The van der Waals surface area contributed by atoms with Gasteiger partial charge in [0, 0.05) is 11.3 Å². The molecule has 1 amide bonds. The van der Waals surface area contributed by atoms with Crippen LogP contribution in [0.15, 0.2) is 84.9 Å². The van der Waals surface area contributed by atoms with Crippen molar-refractivity contribution in [2.45, 2.75) is 13.5 Å². The van der Waals surface area contributed by atoms with Gasteiger partial charge in [-0.05, 0) is 24.1 Å². The number of nitrogens with one attached hydrogen (secondary N) is 1. The van der Waals surface area contributed by atoms with Crippen LogP contribution < -0.4 is 5.32 Å². The fourth-order valence-electron chi connectivity index (χ4n) is 3.50. The molecule has 1 aromatic heterocycles. The number of rotatable bonds is 7. The Morgan fingerprint density at radius 2 is 1.58 bits per heavy atom. The number of carbonyl (C=O) groups is 2. The van der Waals surface area contributed by atoms with Crippen LogP contribution in [-0.4, -0.2) is 28.3 Å². The topological polar surface area (TPSA) is 73.2 Å². The predicted molar refractivity (Wildman–Crippen MR) is 128 cm³/mol. The number of ether oxygens (including phenoxy) is 1. The molecule has 0 bridgehead atoms. The quantitative estimate of drug-likeness (QED) is 0.378. The molecule has 3 aromatic carbocycles. The molecule has 0 fully saturated rings. The minimum Gasteiger partial charge on any atom is -0.452 e. The van der Waals surface area contributed by atoms with Gasteiger partial charge in [-0.25, -0.2) is 9.48 Å². The van der Waals surface area contributed by atoms with Crippen molar-refractivity contribution in [3.63, 3.8) is 0 Å². The summed E-state index contributed by atoms with van der Waals surface area (Å²) in [5, 5.41) is 7.34. The van der Waals surface area contributed by atoms with Gasteiger partial charge in [0.2, 0.25) is 0 Å². The maximum Gasteiger partial charge on any atom is 0.343 e. The van der Waals surface area contributed by atoms with Gasteiger partial charge < -0.3 is 10.1 Å². The van der Waals surface area contributed by atoms with E-state index >= 15 is 0 Å². The van der Waals surface area contributed by atoms with Gasteiger partial charge in [-0.2, -0.15) is 5.10 Å². The summed E-state index contributed by atoms with van der Waals surface area (Å²) in [5.74, 6) is -1.14. The lowest BCUT2D eigenvalue weighted by atomic mass is 10.0. The third-order valence-electron chi connectivity index (χ3n) is 5.07. The van der Waals surface area contributed by atoms with E-state index in [0.29, 0.717) is 17.9 Å². The Kier molecular flexibility index (Phi) is 6.86. The average molecular weight is 460 g/mol. The van der Waals surface area contributed by atoms with Gasteiger partial charge >= 0.3 is 5.97 Å². The van der Waals surface area contributed by atoms with Crippen LogP contribution >= 0.6 is 11.6 Å². The molecule has 0 aliphatic heterocycles. The van der Waals surface area contributed by atoms with E-state index in [-0.39, 0.29) is 10.7 Å². The molecular weight excluding hydrogens is 438 g/mol. The molecule has 166 valence electrons. The minimum atomic E-state index is -0.691. The van der Waals surface area contributed by atoms with Crippen LogP contribution in [0.4, 0.5) is 5.69 Å². The summed E-state index contributed by atoms with van der Waals surface area (Å²) in [4.78, 5) is 25.2. The Morgan fingerprint density at radius 1 is 0.939 bits per heavy atom. The number of aryl methyl sites for hydroxylation is 1. The molecule has 1 heterocycles. The van der Waals surface area contributed by atoms with Crippen LogP contribution in [0.25, 0.3) is 11.1 Å². The van der Waals surface area contributed by atoms with E-state index in [4.69, 9.17) is 16.3 Å². The summed E-state index contributed by atoms with van der Waals surface area (Å²) in [6.45, 7) is 1.66. The Balaban J connectivity index is 1.41. The summed E-state index contributed by atoms with van der Waals surface area (Å²) >= 11 is 6.41. The van der Waals surface area contributed by atoms with E-state index in [1.54, 1.807) is 17.7 Å². The molecule has 4 aromatic rings. The van der Waals surface area contributed by atoms with Crippen molar-refractivity contribution in [2.75, 3.05) is 11.9 Å². The van der Waals surface area contributed by atoms with Gasteiger partial charge in [-0.15, -0.1) is 0 Å². The summed E-state index contributed by atoms with van der Waals surface area (Å²) in [6, 6.07) is 26.8. The van der Waals surface area contributed by atoms with Gasteiger partial charge in [0.05, 0.1) is 12.2 Å². The molecule has 0 saturated carbocycles. The van der Waals surface area contributed by atoms with Crippen molar-refractivity contribution in [2.24, 2.45) is 0 Å². The first kappa shape index (κ1) is 22.3. The summed E-state index contributed by atoms with van der Waals surface area (Å²) in [6.07, 6.45) is 0. The zero-order valence-electron chi connectivity index (χ0n) is 18.0. The van der Waals surface area contributed by atoms with Crippen molar-refractivity contribution < 1.29 is 14.3 Å². The van der Waals surface area contributed by atoms with Gasteiger partial charge in [-0.3, -0.25) is 4.79 Å². The van der Waals surface area contributed by atoms with Crippen LogP contribution in [0, 0.1) is 6.92 Å². The zero-order valence-corrected chi connectivity index (χ0v) is 18.8. The highest BCUT2D eigenvalue weighted by molar-refractivity contribution is 6.32. The number of carbonyl (C=O) groups excluding carboxylic acids is 2. The molecule has 0 radical (unpaired) electrons. The molecule has 6 nitrogen and oxygen atoms in total. The number of para-hydroxylation sites is 1. The van der Waals surface area contributed by atoms with Crippen LogP contribution in [0.3, 0.4) is 0 Å². The van der Waals surface area contributed by atoms with Crippen molar-refractivity contribution >= 4 is 29.2 Å². The maximum absolute atomic E-state index is 12.7. The number of anilines is 1. The van der Waals surface area contributed by atoms with Crippen LogP contribution in [0.1, 0.15) is 21.6 Å². The normalized spacial score (nSPS) is 10.6. The molecule has 0 aliphatic carbocycles. The highest BCUT2D eigenvalue weighted by Crippen LogP contribution is 2.27. The molecule has 0 atom stereocenters. The summed E-state index contributed by atoms with van der Waals surface area (Å²) in [7, 11) is 0. The third-order valence-corrected chi connectivity index (χ3v) is 5.45. The average Bonchev–Trinajstić information content (AvgIpc) is 3.11. The molecule has 1 N–H and O–H groups in total. The minimum absolute atomic E-state index is 0.157. The SMILES string of the molecule is Cc1nn(Cc2ccccc2)c(Cl)c1C(=O)OCC(=O)Nc1ccccc1-c1ccccc1. The summed E-state index contributed by atoms with van der Waals surface area (Å²) in [5.41, 5.74) is 4.08. The first-order valence-corrected chi connectivity index (χ1v) is 10.8. The van der Waals surface area contributed by atoms with E-state index in [2.05, 4.69) is 10.4 Å². The Hall–Kier alpha value is -3.90. The van der Waals surface area contributed by atoms with Crippen LogP contribution in [0.2, 0.25) is 5.15 Å². The van der Waals surface area contributed by atoms with Gasteiger partial charge in [0.1, 0.15) is 10.7 Å². The lowest BCUT2D eigenvalue weighted by Crippen LogP contribution is -2.21.